The van der Waals surface area contributed by atoms with Crippen LogP contribution in [0, 0.1) is 11.8 Å². The Morgan fingerprint density at radius 1 is 1.32 bits per heavy atom. The Morgan fingerprint density at radius 2 is 2.11 bits per heavy atom. The van der Waals surface area contributed by atoms with Crippen molar-refractivity contribution in [2.45, 2.75) is 44.7 Å². The molecule has 0 radical (unpaired) electrons. The van der Waals surface area contributed by atoms with Gasteiger partial charge in [0, 0.05) is 6.61 Å². The molecule has 0 amide bonds. The third kappa shape index (κ3) is 4.68. The normalized spacial score (nSPS) is 27.6. The molecule has 19 heavy (non-hydrogen) atoms. The van der Waals surface area contributed by atoms with Crippen molar-refractivity contribution in [1.29, 1.82) is 0 Å². The lowest BCUT2D eigenvalue weighted by Gasteiger charge is -2.19. The van der Waals surface area contributed by atoms with Crippen molar-refractivity contribution in [3.8, 4) is 11.8 Å². The van der Waals surface area contributed by atoms with Crippen LogP contribution in [0.5, 0.6) is 0 Å². The lowest BCUT2D eigenvalue weighted by Crippen LogP contribution is -2.27. The molecule has 3 nitrogen and oxygen atoms in total. The van der Waals surface area contributed by atoms with Crippen molar-refractivity contribution in [2.75, 3.05) is 6.61 Å². The minimum absolute atomic E-state index is 0.123. The highest BCUT2D eigenvalue weighted by Gasteiger charge is 2.19. The summed E-state index contributed by atoms with van der Waals surface area (Å²) in [4.78, 5) is 0. The van der Waals surface area contributed by atoms with E-state index in [2.05, 4.69) is 11.8 Å². The topological polar surface area (TPSA) is 38.7 Å². The molecule has 1 aliphatic rings. The smallest absolute Gasteiger partial charge is 0.140 e. The summed E-state index contributed by atoms with van der Waals surface area (Å²) < 4.78 is 11.3. The quantitative estimate of drug-likeness (QED) is 0.846. The fraction of sp³-hybridized carbons (Fsp3) is 0.500. The van der Waals surface area contributed by atoms with E-state index in [1.807, 2.05) is 37.3 Å². The molecule has 1 aromatic rings. The first kappa shape index (κ1) is 14.1. The minimum Gasteiger partial charge on any atom is -0.378 e. The van der Waals surface area contributed by atoms with Crippen LogP contribution in [0.4, 0.5) is 0 Å². The van der Waals surface area contributed by atoms with Crippen LogP contribution in [0.1, 0.15) is 25.3 Å². The predicted octanol–water partition coefficient (Wildman–Crippen LogP) is 2.13. The van der Waals surface area contributed by atoms with E-state index >= 15 is 0 Å². The number of hydrogen-bond donors (Lipinski definition) is 1. The second kappa shape index (κ2) is 7.30. The summed E-state index contributed by atoms with van der Waals surface area (Å²) in [6.07, 6.45) is 0.511. The highest BCUT2D eigenvalue weighted by molar-refractivity contribution is 5.14. The average Bonchev–Trinajstić information content (AvgIpc) is 2.51. The van der Waals surface area contributed by atoms with Gasteiger partial charge < -0.3 is 14.6 Å². The van der Waals surface area contributed by atoms with Gasteiger partial charge in [0.05, 0.1) is 12.7 Å². The van der Waals surface area contributed by atoms with Gasteiger partial charge in [0.2, 0.25) is 0 Å². The zero-order valence-corrected chi connectivity index (χ0v) is 11.2. The summed E-state index contributed by atoms with van der Waals surface area (Å²) >= 11 is 0. The van der Waals surface area contributed by atoms with Gasteiger partial charge in [-0.2, -0.15) is 0 Å². The third-order valence-electron chi connectivity index (χ3n) is 3.09. The standard InChI is InChI=1S/C16H20O3/c1-13-9-10-15(17)16(8-5-11-18-13)19-12-14-6-3-2-4-7-14/h2-4,6-7,13,15-17H,5,8,11-12H2,1H3/t13-,15+,16+/m0/s1. The van der Waals surface area contributed by atoms with Gasteiger partial charge in [-0.3, -0.25) is 0 Å². The summed E-state index contributed by atoms with van der Waals surface area (Å²) in [6, 6.07) is 9.96. The van der Waals surface area contributed by atoms with Crippen LogP contribution < -0.4 is 0 Å². The molecule has 0 aliphatic carbocycles. The fourth-order valence-corrected chi connectivity index (χ4v) is 1.99. The Morgan fingerprint density at radius 3 is 2.89 bits per heavy atom. The summed E-state index contributed by atoms with van der Waals surface area (Å²) in [6.45, 7) is 3.05. The fourth-order valence-electron chi connectivity index (χ4n) is 1.99. The van der Waals surface area contributed by atoms with E-state index in [-0.39, 0.29) is 12.2 Å². The van der Waals surface area contributed by atoms with Crippen molar-refractivity contribution in [2.24, 2.45) is 0 Å². The van der Waals surface area contributed by atoms with Crippen molar-refractivity contribution in [3.05, 3.63) is 35.9 Å². The number of aliphatic hydroxyl groups is 1. The Kier molecular flexibility index (Phi) is 5.41. The summed E-state index contributed by atoms with van der Waals surface area (Å²) in [7, 11) is 0. The molecule has 1 heterocycles. The van der Waals surface area contributed by atoms with Crippen LogP contribution in [-0.4, -0.2) is 30.0 Å². The molecule has 102 valence electrons. The molecule has 0 fully saturated rings. The Balaban J connectivity index is 1.93. The maximum Gasteiger partial charge on any atom is 0.140 e. The van der Waals surface area contributed by atoms with Gasteiger partial charge in [0.15, 0.2) is 0 Å². The molecule has 0 saturated heterocycles. The first-order valence-electron chi connectivity index (χ1n) is 6.72. The van der Waals surface area contributed by atoms with E-state index in [9.17, 15) is 5.11 Å². The van der Waals surface area contributed by atoms with E-state index in [4.69, 9.17) is 9.47 Å². The van der Waals surface area contributed by atoms with Crippen LogP contribution in [0.2, 0.25) is 0 Å². The lowest BCUT2D eigenvalue weighted by molar-refractivity contribution is -0.0311. The molecule has 3 heteroatoms. The van der Waals surface area contributed by atoms with Gasteiger partial charge in [-0.1, -0.05) is 42.2 Å². The molecule has 1 aliphatic heterocycles. The van der Waals surface area contributed by atoms with Crippen LogP contribution in [0.15, 0.2) is 30.3 Å². The van der Waals surface area contributed by atoms with E-state index < -0.39 is 6.10 Å². The molecule has 1 aromatic carbocycles. The highest BCUT2D eigenvalue weighted by atomic mass is 16.5. The minimum atomic E-state index is -0.743. The SMILES string of the molecule is C[C@H]1C#C[C@@H](O)[C@H](OCc2ccccc2)CCCO1. The summed E-state index contributed by atoms with van der Waals surface area (Å²) in [5.41, 5.74) is 1.10. The Bertz CT molecular complexity index is 432. The van der Waals surface area contributed by atoms with E-state index in [1.165, 1.54) is 0 Å². The highest BCUT2D eigenvalue weighted by Crippen LogP contribution is 2.13. The van der Waals surface area contributed by atoms with Crippen molar-refractivity contribution >= 4 is 0 Å². The second-order valence-electron chi connectivity index (χ2n) is 4.72. The molecular weight excluding hydrogens is 240 g/mol. The van der Waals surface area contributed by atoms with Gasteiger partial charge in [-0.25, -0.2) is 0 Å². The third-order valence-corrected chi connectivity index (χ3v) is 3.09. The second-order valence-corrected chi connectivity index (χ2v) is 4.72. The van der Waals surface area contributed by atoms with Crippen molar-refractivity contribution in [3.63, 3.8) is 0 Å². The number of rotatable bonds is 3. The number of aliphatic hydroxyl groups excluding tert-OH is 1. The maximum absolute atomic E-state index is 10.0. The Hall–Kier alpha value is -1.34. The molecule has 0 bridgehead atoms. The first-order valence-corrected chi connectivity index (χ1v) is 6.72. The Labute approximate surface area is 114 Å². The van der Waals surface area contributed by atoms with E-state index in [0.717, 1.165) is 18.4 Å². The molecule has 0 unspecified atom stereocenters. The predicted molar refractivity (Wildman–Crippen MR) is 73.4 cm³/mol. The number of benzene rings is 1. The largest absolute Gasteiger partial charge is 0.378 e. The van der Waals surface area contributed by atoms with Gasteiger partial charge in [-0.15, -0.1) is 0 Å². The van der Waals surface area contributed by atoms with Gasteiger partial charge in [0.25, 0.3) is 0 Å². The molecule has 1 N–H and O–H groups in total. The zero-order chi connectivity index (χ0) is 13.5. The van der Waals surface area contributed by atoms with Crippen LogP contribution >= 0.6 is 0 Å². The van der Waals surface area contributed by atoms with Gasteiger partial charge in [0.1, 0.15) is 12.2 Å². The average molecular weight is 260 g/mol. The van der Waals surface area contributed by atoms with E-state index in [1.54, 1.807) is 0 Å². The molecule has 0 aromatic heterocycles. The van der Waals surface area contributed by atoms with Crippen LogP contribution in [0.25, 0.3) is 0 Å². The van der Waals surface area contributed by atoms with Crippen LogP contribution in [-0.2, 0) is 16.1 Å². The monoisotopic (exact) mass is 260 g/mol. The van der Waals surface area contributed by atoms with Gasteiger partial charge >= 0.3 is 0 Å². The summed E-state index contributed by atoms with van der Waals surface area (Å²) in [5.74, 6) is 5.72. The zero-order valence-electron chi connectivity index (χ0n) is 11.2. The number of hydrogen-bond acceptors (Lipinski definition) is 3. The molecule has 0 saturated carbocycles. The summed E-state index contributed by atoms with van der Waals surface area (Å²) in [5, 5.41) is 10.0. The lowest BCUT2D eigenvalue weighted by atomic mass is 10.1. The molecule has 0 spiro atoms. The molecule has 2 rings (SSSR count). The maximum atomic E-state index is 10.0. The molecular formula is C16H20O3. The molecule has 3 atom stereocenters. The van der Waals surface area contributed by atoms with Gasteiger partial charge in [-0.05, 0) is 25.3 Å². The first-order chi connectivity index (χ1) is 9.25. The van der Waals surface area contributed by atoms with E-state index in [0.29, 0.717) is 13.2 Å². The van der Waals surface area contributed by atoms with Crippen molar-refractivity contribution < 1.29 is 14.6 Å². The van der Waals surface area contributed by atoms with Crippen molar-refractivity contribution in [1.82, 2.24) is 0 Å². The van der Waals surface area contributed by atoms with Crippen LogP contribution in [0.3, 0.4) is 0 Å². The number of ether oxygens (including phenoxy) is 2.